The predicted molar refractivity (Wildman–Crippen MR) is 493 cm³/mol. The van der Waals surface area contributed by atoms with E-state index in [1.807, 2.05) is 340 Å². The van der Waals surface area contributed by atoms with E-state index in [1.165, 1.54) is 12.1 Å². The number of benzene rings is 15. The van der Waals surface area contributed by atoms with Crippen LogP contribution in [-0.2, 0) is 0 Å². The van der Waals surface area contributed by atoms with Crippen molar-refractivity contribution in [3.8, 4) is 206 Å². The maximum absolute atomic E-state index is 11.4. The molecule has 18 aromatic rings. The minimum atomic E-state index is -0.138. The van der Waals surface area contributed by atoms with Gasteiger partial charge in [-0.3, -0.25) is 0 Å². The fourth-order valence-electron chi connectivity index (χ4n) is 13.6. The molecule has 0 aliphatic rings. The number of hydrogen-bond donors (Lipinski definition) is 4. The molecule has 21 nitrogen and oxygen atoms in total. The number of hydrogen-bond acceptors (Lipinski definition) is 21. The van der Waals surface area contributed by atoms with E-state index < -0.39 is 0 Å². The number of phenolic OH excluding ortho intramolecular Hbond substituents is 4. The number of rotatable bonds is 32. The Morgan fingerprint density at radius 3 is 0.555 bits per heavy atom. The van der Waals surface area contributed by atoms with Crippen LogP contribution in [0.25, 0.3) is 102 Å². The van der Waals surface area contributed by atoms with Gasteiger partial charge in [-0.05, 0) is 268 Å². The monoisotopic (exact) mass is 1690 g/mol. The number of phenols is 4. The van der Waals surface area contributed by atoms with Crippen molar-refractivity contribution < 1.29 is 58.3 Å². The van der Waals surface area contributed by atoms with Crippen LogP contribution in [0.1, 0.15) is 38.5 Å². The van der Waals surface area contributed by atoms with Gasteiger partial charge in [0, 0.05) is 51.6 Å². The summed E-state index contributed by atoms with van der Waals surface area (Å²) in [6, 6.07) is 117. The Bertz CT molecular complexity index is 6110. The lowest BCUT2D eigenvalue weighted by Crippen LogP contribution is -2.01. The molecular weight excluding hydrogens is 1600 g/mol. The lowest BCUT2D eigenvalue weighted by molar-refractivity contribution is 0.295. The molecule has 0 spiro atoms. The largest absolute Gasteiger partial charge is 0.508 e. The van der Waals surface area contributed by atoms with Crippen LogP contribution in [-0.4, -0.2) is 78.5 Å². The Morgan fingerprint density at radius 2 is 0.344 bits per heavy atom. The zero-order valence-electron chi connectivity index (χ0n) is 69.1. The van der Waals surface area contributed by atoms with Gasteiger partial charge in [0.05, 0.1) is 29.9 Å². The fraction of sp³-hybridized carbons (Fsp3) is 0.0748. The number of ether oxygens (including phenoxy) is 8. The summed E-state index contributed by atoms with van der Waals surface area (Å²) in [6.45, 7) is 0.996. The van der Waals surface area contributed by atoms with Crippen LogP contribution in [0.4, 0.5) is 0 Å². The van der Waals surface area contributed by atoms with Crippen LogP contribution in [0.2, 0.25) is 0 Å². The van der Waals surface area contributed by atoms with Gasteiger partial charge in [-0.25, -0.2) is 44.9 Å². The first kappa shape index (κ1) is 83.2. The van der Waals surface area contributed by atoms with Crippen molar-refractivity contribution in [2.75, 3.05) is 13.2 Å². The molecule has 0 aliphatic carbocycles. The Hall–Kier alpha value is -17.1. The lowest BCUT2D eigenvalue weighted by Gasteiger charge is -2.12. The molecule has 3 heterocycles. The van der Waals surface area contributed by atoms with E-state index in [-0.39, 0.29) is 28.8 Å². The average Bonchev–Trinajstić information content (AvgIpc) is 0.794. The molecule has 0 bridgehead atoms. The summed E-state index contributed by atoms with van der Waals surface area (Å²) in [7, 11) is 0. The summed E-state index contributed by atoms with van der Waals surface area (Å²) in [4.78, 5) is 43.2. The first-order valence-corrected chi connectivity index (χ1v) is 41.7. The van der Waals surface area contributed by atoms with E-state index in [4.69, 9.17) is 72.8 Å². The molecule has 0 saturated heterocycles. The number of aromatic nitrogens is 9. The normalized spacial score (nSPS) is 10.9. The van der Waals surface area contributed by atoms with Crippen LogP contribution in [0.5, 0.6) is 103 Å². The topological polar surface area (TPSA) is 271 Å². The Balaban J connectivity index is 0.000000239. The molecule has 3 aromatic heterocycles. The van der Waals surface area contributed by atoms with E-state index in [0.29, 0.717) is 122 Å². The van der Waals surface area contributed by atoms with Crippen molar-refractivity contribution in [1.29, 1.82) is 0 Å². The third kappa shape index (κ3) is 22.2. The molecular formula is C107H83N9O12. The number of aromatic hydroxyl groups is 4. The van der Waals surface area contributed by atoms with Gasteiger partial charge in [-0.15, -0.1) is 0 Å². The van der Waals surface area contributed by atoms with Gasteiger partial charge in [0.25, 0.3) is 0 Å². The smallest absolute Gasteiger partial charge is 0.167 e. The van der Waals surface area contributed by atoms with Crippen LogP contribution in [0.15, 0.2) is 382 Å². The van der Waals surface area contributed by atoms with Crippen molar-refractivity contribution >= 4 is 0 Å². The molecule has 628 valence electrons. The van der Waals surface area contributed by atoms with Crippen molar-refractivity contribution in [3.05, 3.63) is 382 Å². The maximum Gasteiger partial charge on any atom is 0.167 e. The Labute approximate surface area is 738 Å². The number of unbranched alkanes of at least 4 members (excludes halogenated alkanes) is 5. The second-order valence-corrected chi connectivity index (χ2v) is 29.4. The summed E-state index contributed by atoms with van der Waals surface area (Å²) in [6.07, 6.45) is 5.74. The molecule has 0 unspecified atom stereocenters. The van der Waals surface area contributed by atoms with Crippen LogP contribution < -0.4 is 37.9 Å². The van der Waals surface area contributed by atoms with Gasteiger partial charge in [0.2, 0.25) is 0 Å². The second kappa shape index (κ2) is 40.7. The van der Waals surface area contributed by atoms with Gasteiger partial charge < -0.3 is 58.3 Å². The first-order valence-electron chi connectivity index (χ1n) is 41.7. The molecule has 18 rings (SSSR count). The molecule has 0 radical (unpaired) electrons. The Kier molecular flexibility index (Phi) is 26.5. The molecule has 128 heavy (non-hydrogen) atoms. The summed E-state index contributed by atoms with van der Waals surface area (Å²) < 4.78 is 48.2. The number of nitrogens with zero attached hydrogens (tertiary/aromatic N) is 9. The molecule has 0 aliphatic heterocycles. The standard InChI is InChI=1S/C74H60N6O8.C33H23N3O4/c81-67-49-63(43-45-65(67)73-77-69(51-27-35-59(36-28-51)85-55-19-9-5-10-20-55)75-70(78-73)52-29-37-60(38-30-52)86-56-21-11-6-12-22-56)83-47-17-3-1-2-4-18-48-84-64-44-46-66(68(82)50-64)74-79-71(53-31-39-61(40-32-53)87-57-23-13-7-14-24-57)76-72(80-74)54-33-41-62(42-34-54)88-58-25-15-8-16-26-58;37-24-15-20-29(30(38)21-24)33-35-31(22-11-16-27(17-12-22)39-25-7-3-1-4-8-25)34-32(36-33)23-13-18-28(19-14-23)40-26-9-5-2-6-10-26/h5-16,19-46,49-50,81-82H,1-4,17-18,47-48H2;1-21,37-38H. The van der Waals surface area contributed by atoms with E-state index in [0.717, 1.165) is 106 Å². The highest BCUT2D eigenvalue weighted by molar-refractivity contribution is 5.75. The fourth-order valence-corrected chi connectivity index (χ4v) is 13.6. The average molecular weight is 1690 g/mol. The van der Waals surface area contributed by atoms with Gasteiger partial charge in [0.15, 0.2) is 52.4 Å². The van der Waals surface area contributed by atoms with Gasteiger partial charge in [-0.2, -0.15) is 0 Å². The summed E-state index contributed by atoms with van der Waals surface area (Å²) in [5.41, 5.74) is 5.73. The predicted octanol–water partition coefficient (Wildman–Crippen LogP) is 26.3. The number of para-hydroxylation sites is 6. The van der Waals surface area contributed by atoms with Crippen molar-refractivity contribution in [3.63, 3.8) is 0 Å². The Morgan fingerprint density at radius 1 is 0.164 bits per heavy atom. The highest BCUT2D eigenvalue weighted by atomic mass is 16.5. The van der Waals surface area contributed by atoms with Crippen molar-refractivity contribution in [2.45, 2.75) is 38.5 Å². The van der Waals surface area contributed by atoms with Crippen LogP contribution in [0.3, 0.4) is 0 Å². The van der Waals surface area contributed by atoms with Crippen LogP contribution in [0, 0.1) is 0 Å². The maximum atomic E-state index is 11.4. The zero-order valence-corrected chi connectivity index (χ0v) is 69.1. The van der Waals surface area contributed by atoms with Crippen molar-refractivity contribution in [1.82, 2.24) is 44.9 Å². The third-order valence-electron chi connectivity index (χ3n) is 20.2. The second-order valence-electron chi connectivity index (χ2n) is 29.4. The third-order valence-corrected chi connectivity index (χ3v) is 20.2. The highest BCUT2D eigenvalue weighted by Crippen LogP contribution is 2.40. The highest BCUT2D eigenvalue weighted by Gasteiger charge is 2.22. The van der Waals surface area contributed by atoms with E-state index in [1.54, 1.807) is 30.3 Å². The molecule has 15 aromatic carbocycles. The minimum absolute atomic E-state index is 0.0138. The summed E-state index contributed by atoms with van der Waals surface area (Å²) >= 11 is 0. The van der Waals surface area contributed by atoms with E-state index in [2.05, 4.69) is 9.97 Å². The van der Waals surface area contributed by atoms with Gasteiger partial charge in [-0.1, -0.05) is 135 Å². The molecule has 21 heteroatoms. The van der Waals surface area contributed by atoms with Crippen molar-refractivity contribution in [2.24, 2.45) is 0 Å². The minimum Gasteiger partial charge on any atom is -0.508 e. The molecule has 0 saturated carbocycles. The SMILES string of the molecule is Oc1cc(OCCCCCCCCOc2ccc(-c3nc(-c4ccc(Oc5ccccc5)cc4)nc(-c4ccc(Oc5ccccc5)cc4)n3)c(O)c2)ccc1-c1nc(-c2ccc(Oc3ccccc3)cc2)nc(-c2ccc(Oc3ccccc3)cc2)n1.Oc1ccc(-c2nc(-c3ccc(Oc4ccccc4)cc3)nc(-c3ccc(Oc4ccccc4)cc3)n2)c(O)c1. The summed E-state index contributed by atoms with van der Waals surface area (Å²) in [5.74, 6) is 12.8. The van der Waals surface area contributed by atoms with Crippen LogP contribution >= 0.6 is 0 Å². The molecule has 0 amide bonds. The van der Waals surface area contributed by atoms with E-state index >= 15 is 0 Å². The first-order chi connectivity index (χ1) is 63.0. The van der Waals surface area contributed by atoms with E-state index in [9.17, 15) is 20.4 Å². The van der Waals surface area contributed by atoms with Gasteiger partial charge in [0.1, 0.15) is 103 Å². The molecule has 4 N–H and O–H groups in total. The van der Waals surface area contributed by atoms with Gasteiger partial charge >= 0.3 is 0 Å². The summed E-state index contributed by atoms with van der Waals surface area (Å²) in [5, 5.41) is 43.2. The zero-order chi connectivity index (χ0) is 87.0. The lowest BCUT2D eigenvalue weighted by atomic mass is 10.1. The molecule has 0 atom stereocenters. The molecule has 0 fully saturated rings. The quantitative estimate of drug-likeness (QED) is 0.0285.